The van der Waals surface area contributed by atoms with Gasteiger partial charge in [-0.3, -0.25) is 9.20 Å². The Bertz CT molecular complexity index is 719. The van der Waals surface area contributed by atoms with Crippen molar-refractivity contribution in [3.8, 4) is 0 Å². The molecule has 0 fully saturated rings. The van der Waals surface area contributed by atoms with Crippen LogP contribution in [0.3, 0.4) is 0 Å². The van der Waals surface area contributed by atoms with E-state index in [2.05, 4.69) is 4.98 Å². The fourth-order valence-corrected chi connectivity index (χ4v) is 2.24. The number of rotatable bonds is 3. The Balaban J connectivity index is 2.74. The van der Waals surface area contributed by atoms with E-state index in [4.69, 9.17) is 39.5 Å². The number of Topliss-reactive ketones (excluding diaryl/α,β-unsaturated/α-hetero) is 1. The van der Waals surface area contributed by atoms with Gasteiger partial charge in [-0.1, -0.05) is 40.9 Å². The highest BCUT2D eigenvalue weighted by atomic mass is 35.6. The van der Waals surface area contributed by atoms with Gasteiger partial charge in [0.15, 0.2) is 0 Å². The molecule has 8 heteroatoms. The Morgan fingerprint density at radius 3 is 2.57 bits per heavy atom. The molecule has 0 spiro atoms. The molecule has 112 valence electrons. The number of fused-ring (bicyclic) bond motifs is 1. The number of aryl methyl sites for hydroxylation is 1. The van der Waals surface area contributed by atoms with Crippen molar-refractivity contribution in [2.45, 2.75) is 17.6 Å². The zero-order valence-electron chi connectivity index (χ0n) is 11.2. The molecule has 0 saturated carbocycles. The first-order chi connectivity index (χ1) is 9.77. The maximum absolute atomic E-state index is 12.3. The maximum atomic E-state index is 12.3. The van der Waals surface area contributed by atoms with Crippen molar-refractivity contribution in [3.05, 3.63) is 35.3 Å². The Morgan fingerprint density at radius 2 is 2.00 bits per heavy atom. The molecule has 2 aromatic heterocycles. The number of ketones is 1. The number of pyridine rings is 1. The van der Waals surface area contributed by atoms with Crippen LogP contribution in [-0.4, -0.2) is 31.5 Å². The lowest BCUT2D eigenvalue weighted by molar-refractivity contribution is 0.0517. The van der Waals surface area contributed by atoms with Gasteiger partial charge in [-0.05, 0) is 26.0 Å². The number of nitrogens with zero attached hydrogens (tertiary/aromatic N) is 2. The van der Waals surface area contributed by atoms with Gasteiger partial charge in [0.2, 0.25) is 5.78 Å². The van der Waals surface area contributed by atoms with Gasteiger partial charge in [0, 0.05) is 0 Å². The molecule has 2 rings (SSSR count). The first kappa shape index (κ1) is 16.1. The van der Waals surface area contributed by atoms with E-state index in [0.29, 0.717) is 11.3 Å². The molecule has 0 radical (unpaired) electrons. The van der Waals surface area contributed by atoms with Crippen LogP contribution < -0.4 is 0 Å². The maximum Gasteiger partial charge on any atom is 0.355 e. The Morgan fingerprint density at radius 1 is 1.33 bits per heavy atom. The smallest absolute Gasteiger partial charge is 0.355 e. The summed E-state index contributed by atoms with van der Waals surface area (Å²) in [7, 11) is 0. The molecule has 2 aromatic rings. The van der Waals surface area contributed by atoms with Crippen LogP contribution in [0.4, 0.5) is 0 Å². The summed E-state index contributed by atoms with van der Waals surface area (Å²) in [6, 6.07) is 4.80. The molecule has 0 saturated heterocycles. The number of ether oxygens (including phenoxy) is 1. The van der Waals surface area contributed by atoms with E-state index in [9.17, 15) is 9.59 Å². The van der Waals surface area contributed by atoms with Gasteiger partial charge in [-0.2, -0.15) is 0 Å². The number of aromatic nitrogens is 2. The average molecular weight is 350 g/mol. The fraction of sp³-hybridized carbons (Fsp3) is 0.308. The second-order valence-electron chi connectivity index (χ2n) is 4.20. The van der Waals surface area contributed by atoms with Crippen LogP contribution in [0.15, 0.2) is 18.2 Å². The lowest BCUT2D eigenvalue weighted by atomic mass is 10.2. The fourth-order valence-electron chi connectivity index (χ4n) is 1.97. The number of esters is 1. The number of alkyl halides is 3. The molecule has 0 aliphatic heterocycles. The van der Waals surface area contributed by atoms with Gasteiger partial charge in [0.05, 0.1) is 12.3 Å². The summed E-state index contributed by atoms with van der Waals surface area (Å²) >= 11 is 17.0. The predicted octanol–water partition coefficient (Wildman–Crippen LogP) is 3.37. The second-order valence-corrected chi connectivity index (χ2v) is 6.48. The topological polar surface area (TPSA) is 60.7 Å². The SMILES string of the molecule is CCOC(=O)c1cccc2nc(C)c(C(=O)C(Cl)(Cl)Cl)n12. The van der Waals surface area contributed by atoms with Crippen LogP contribution in [0.5, 0.6) is 0 Å². The summed E-state index contributed by atoms with van der Waals surface area (Å²) in [6.07, 6.45) is 0. The van der Waals surface area contributed by atoms with Gasteiger partial charge in [0.25, 0.3) is 3.79 Å². The summed E-state index contributed by atoms with van der Waals surface area (Å²) in [5.41, 5.74) is 0.958. The van der Waals surface area contributed by atoms with Crippen LogP contribution in [-0.2, 0) is 4.74 Å². The molecule has 2 heterocycles. The average Bonchev–Trinajstić information content (AvgIpc) is 2.72. The zero-order chi connectivity index (χ0) is 15.8. The highest BCUT2D eigenvalue weighted by molar-refractivity contribution is 6.77. The number of carbonyl (C=O) groups is 2. The van der Waals surface area contributed by atoms with E-state index >= 15 is 0 Å². The van der Waals surface area contributed by atoms with Crippen molar-refractivity contribution < 1.29 is 14.3 Å². The van der Waals surface area contributed by atoms with E-state index in [0.717, 1.165) is 0 Å². The lowest BCUT2D eigenvalue weighted by Crippen LogP contribution is -2.23. The third-order valence-electron chi connectivity index (χ3n) is 2.78. The second kappa shape index (κ2) is 5.83. The summed E-state index contributed by atoms with van der Waals surface area (Å²) in [6.45, 7) is 3.49. The van der Waals surface area contributed by atoms with Crippen LogP contribution in [0.1, 0.15) is 33.6 Å². The number of hydrogen-bond acceptors (Lipinski definition) is 4. The molecular weight excluding hydrogens is 339 g/mol. The van der Waals surface area contributed by atoms with Crippen molar-refractivity contribution in [1.82, 2.24) is 9.38 Å². The number of halogens is 3. The van der Waals surface area contributed by atoms with E-state index < -0.39 is 15.5 Å². The van der Waals surface area contributed by atoms with E-state index in [1.807, 2.05) is 0 Å². The number of imidazole rings is 1. The highest BCUT2D eigenvalue weighted by Gasteiger charge is 2.36. The monoisotopic (exact) mass is 348 g/mol. The summed E-state index contributed by atoms with van der Waals surface area (Å²) in [4.78, 5) is 28.5. The minimum Gasteiger partial charge on any atom is -0.461 e. The highest BCUT2D eigenvalue weighted by Crippen LogP contribution is 2.32. The largest absolute Gasteiger partial charge is 0.461 e. The van der Waals surface area contributed by atoms with Gasteiger partial charge >= 0.3 is 5.97 Å². The molecule has 0 amide bonds. The number of carbonyl (C=O) groups excluding carboxylic acids is 2. The van der Waals surface area contributed by atoms with Crippen molar-refractivity contribution in [2.75, 3.05) is 6.61 Å². The molecule has 0 aliphatic carbocycles. The van der Waals surface area contributed by atoms with E-state index in [1.54, 1.807) is 26.0 Å². The van der Waals surface area contributed by atoms with E-state index in [-0.39, 0.29) is 18.0 Å². The predicted molar refractivity (Wildman–Crippen MR) is 80.5 cm³/mol. The molecule has 0 aromatic carbocycles. The van der Waals surface area contributed by atoms with Crippen molar-refractivity contribution in [3.63, 3.8) is 0 Å². The summed E-state index contributed by atoms with van der Waals surface area (Å²) < 4.78 is 4.18. The van der Waals surface area contributed by atoms with Crippen LogP contribution in [0, 0.1) is 6.92 Å². The first-order valence-electron chi connectivity index (χ1n) is 6.04. The molecule has 0 N–H and O–H groups in total. The Kier molecular flexibility index (Phi) is 4.46. The minimum absolute atomic E-state index is 0.0497. The van der Waals surface area contributed by atoms with E-state index in [1.165, 1.54) is 10.5 Å². The normalized spacial score (nSPS) is 11.7. The van der Waals surface area contributed by atoms with Gasteiger partial charge in [-0.15, -0.1) is 0 Å². The first-order valence-corrected chi connectivity index (χ1v) is 7.17. The summed E-state index contributed by atoms with van der Waals surface area (Å²) in [5.74, 6) is -1.34. The zero-order valence-corrected chi connectivity index (χ0v) is 13.5. The molecule has 0 unspecified atom stereocenters. The molecule has 0 aliphatic rings. The van der Waals surface area contributed by atoms with Crippen molar-refractivity contribution in [2.24, 2.45) is 0 Å². The minimum atomic E-state index is -2.14. The van der Waals surface area contributed by atoms with Gasteiger partial charge < -0.3 is 4.74 Å². The molecule has 5 nitrogen and oxygen atoms in total. The van der Waals surface area contributed by atoms with Crippen LogP contribution >= 0.6 is 34.8 Å². The Hall–Kier alpha value is -1.30. The van der Waals surface area contributed by atoms with Gasteiger partial charge in [0.1, 0.15) is 17.0 Å². The molecular formula is C13H11Cl3N2O3. The van der Waals surface area contributed by atoms with Gasteiger partial charge in [-0.25, -0.2) is 9.78 Å². The standard InChI is InChI=1S/C13H11Cl3N2O3/c1-3-21-12(20)8-5-4-6-9-17-7(2)10(18(8)9)11(19)13(14,15)16/h4-6H,3H2,1-2H3. The van der Waals surface area contributed by atoms with Crippen molar-refractivity contribution in [1.29, 1.82) is 0 Å². The van der Waals surface area contributed by atoms with Crippen LogP contribution in [0.25, 0.3) is 5.65 Å². The number of hydrogen-bond donors (Lipinski definition) is 0. The third kappa shape index (κ3) is 3.00. The molecule has 0 bridgehead atoms. The molecule has 21 heavy (non-hydrogen) atoms. The summed E-state index contributed by atoms with van der Waals surface area (Å²) in [5, 5.41) is 0. The quantitative estimate of drug-likeness (QED) is 0.484. The molecule has 0 atom stereocenters. The van der Waals surface area contributed by atoms with Crippen LogP contribution in [0.2, 0.25) is 0 Å². The lowest BCUT2D eigenvalue weighted by Gasteiger charge is -2.12. The van der Waals surface area contributed by atoms with Crippen molar-refractivity contribution >= 4 is 52.2 Å². The Labute approximate surface area is 135 Å². The third-order valence-corrected chi connectivity index (χ3v) is 3.29.